The van der Waals surface area contributed by atoms with Crippen LogP contribution in [0.2, 0.25) is 5.02 Å². The lowest BCUT2D eigenvalue weighted by Crippen LogP contribution is -2.57. The molecule has 1 aromatic rings. The molecular weight excluding hydrogens is 248 g/mol. The van der Waals surface area contributed by atoms with Crippen LogP contribution in [0.4, 0.5) is 5.69 Å². The quantitative estimate of drug-likeness (QED) is 0.769. The molecule has 18 heavy (non-hydrogen) atoms. The zero-order valence-corrected chi connectivity index (χ0v) is 11.9. The first-order chi connectivity index (χ1) is 8.44. The first-order valence-electron chi connectivity index (χ1n) is 6.15. The van der Waals surface area contributed by atoms with Crippen molar-refractivity contribution in [3.05, 3.63) is 28.8 Å². The van der Waals surface area contributed by atoms with E-state index in [1.165, 1.54) is 0 Å². The Balaban J connectivity index is 2.25. The Morgan fingerprint density at radius 1 is 1.33 bits per heavy atom. The van der Waals surface area contributed by atoms with Gasteiger partial charge in [-0.2, -0.15) is 0 Å². The Morgan fingerprint density at radius 3 is 2.61 bits per heavy atom. The summed E-state index contributed by atoms with van der Waals surface area (Å²) in [4.78, 5) is 15.4. The fraction of sp³-hybridized carbons (Fsp3) is 0.500. The first kappa shape index (κ1) is 13.4. The Hall–Kier alpha value is -1.06. The van der Waals surface area contributed by atoms with Crippen molar-refractivity contribution >= 4 is 23.6 Å². The van der Waals surface area contributed by atoms with Crippen LogP contribution < -0.4 is 4.90 Å². The van der Waals surface area contributed by atoms with E-state index < -0.39 is 0 Å². The molecule has 1 fully saturated rings. The number of rotatable bonds is 2. The van der Waals surface area contributed by atoms with E-state index in [0.29, 0.717) is 10.6 Å². The Bertz CT molecular complexity index is 459. The van der Waals surface area contributed by atoms with Gasteiger partial charge in [0.2, 0.25) is 0 Å². The Labute approximate surface area is 113 Å². The van der Waals surface area contributed by atoms with Crippen LogP contribution in [0.3, 0.4) is 0 Å². The minimum Gasteiger partial charge on any atom is -0.367 e. The minimum atomic E-state index is 0.130. The third-order valence-electron chi connectivity index (χ3n) is 3.76. The summed E-state index contributed by atoms with van der Waals surface area (Å²) in [5.74, 6) is 0. The molecule has 2 rings (SSSR count). The molecule has 0 saturated carbocycles. The van der Waals surface area contributed by atoms with Gasteiger partial charge in [-0.25, -0.2) is 0 Å². The van der Waals surface area contributed by atoms with Gasteiger partial charge in [0, 0.05) is 30.7 Å². The number of piperazine rings is 1. The maximum Gasteiger partial charge on any atom is 0.150 e. The van der Waals surface area contributed by atoms with E-state index in [2.05, 4.69) is 30.7 Å². The van der Waals surface area contributed by atoms with Crippen molar-refractivity contribution in [2.45, 2.75) is 19.4 Å². The predicted octanol–water partition coefficient (Wildman–Crippen LogP) is 2.68. The second kappa shape index (κ2) is 4.90. The number of carbonyl (C=O) groups excluding carboxylic acids is 1. The van der Waals surface area contributed by atoms with Gasteiger partial charge < -0.3 is 4.90 Å². The fourth-order valence-corrected chi connectivity index (χ4v) is 2.61. The topological polar surface area (TPSA) is 23.6 Å². The lowest BCUT2D eigenvalue weighted by molar-refractivity contribution is 0.112. The summed E-state index contributed by atoms with van der Waals surface area (Å²) in [6.45, 7) is 7.36. The number of carbonyl (C=O) groups is 1. The molecular formula is C14H19ClN2O. The van der Waals surface area contributed by atoms with Crippen molar-refractivity contribution in [1.82, 2.24) is 4.90 Å². The average Bonchev–Trinajstić information content (AvgIpc) is 2.32. The number of aldehydes is 1. The number of benzene rings is 1. The molecule has 1 aliphatic rings. The summed E-state index contributed by atoms with van der Waals surface area (Å²) >= 11 is 6.26. The first-order valence-corrected chi connectivity index (χ1v) is 6.53. The van der Waals surface area contributed by atoms with E-state index in [0.717, 1.165) is 31.6 Å². The monoisotopic (exact) mass is 266 g/mol. The number of halogens is 1. The van der Waals surface area contributed by atoms with Gasteiger partial charge >= 0.3 is 0 Å². The van der Waals surface area contributed by atoms with Crippen LogP contribution >= 0.6 is 11.6 Å². The highest BCUT2D eigenvalue weighted by molar-refractivity contribution is 6.33. The second-order valence-corrected chi connectivity index (χ2v) is 5.89. The molecule has 98 valence electrons. The van der Waals surface area contributed by atoms with Crippen LogP contribution in [-0.2, 0) is 0 Å². The van der Waals surface area contributed by atoms with E-state index in [4.69, 9.17) is 11.6 Å². The van der Waals surface area contributed by atoms with E-state index in [-0.39, 0.29) is 5.54 Å². The van der Waals surface area contributed by atoms with E-state index in [9.17, 15) is 4.79 Å². The largest absolute Gasteiger partial charge is 0.367 e. The molecule has 1 aliphatic heterocycles. The summed E-state index contributed by atoms with van der Waals surface area (Å²) in [6.07, 6.45) is 0.823. The van der Waals surface area contributed by atoms with Crippen LogP contribution in [0.15, 0.2) is 18.2 Å². The summed E-state index contributed by atoms with van der Waals surface area (Å²) in [5, 5.41) is 0.653. The van der Waals surface area contributed by atoms with Crippen LogP contribution in [0.1, 0.15) is 24.2 Å². The zero-order chi connectivity index (χ0) is 13.3. The van der Waals surface area contributed by atoms with E-state index >= 15 is 0 Å². The molecule has 0 aromatic heterocycles. The molecule has 0 radical (unpaired) electrons. The van der Waals surface area contributed by atoms with Gasteiger partial charge in [0.1, 0.15) is 6.29 Å². The normalized spacial score (nSPS) is 19.9. The van der Waals surface area contributed by atoms with Crippen LogP contribution in [0, 0.1) is 0 Å². The molecule has 0 aliphatic carbocycles. The molecule has 1 saturated heterocycles. The minimum absolute atomic E-state index is 0.130. The summed E-state index contributed by atoms with van der Waals surface area (Å²) in [5.41, 5.74) is 1.77. The summed E-state index contributed by atoms with van der Waals surface area (Å²) in [6, 6.07) is 5.49. The molecule has 1 aromatic carbocycles. The zero-order valence-electron chi connectivity index (χ0n) is 11.1. The SMILES string of the molecule is CN1CCN(c2ccc(C=O)cc2Cl)CC1(C)C. The number of likely N-dealkylation sites (N-methyl/N-ethyl adjacent to an activating group) is 1. The van der Waals surface area contributed by atoms with Crippen LogP contribution in [0.5, 0.6) is 0 Å². The smallest absolute Gasteiger partial charge is 0.150 e. The molecule has 0 amide bonds. The highest BCUT2D eigenvalue weighted by atomic mass is 35.5. The number of hydrogen-bond acceptors (Lipinski definition) is 3. The van der Waals surface area contributed by atoms with Crippen LogP contribution in [0.25, 0.3) is 0 Å². The number of hydrogen-bond donors (Lipinski definition) is 0. The van der Waals surface area contributed by atoms with Gasteiger partial charge in [0.15, 0.2) is 0 Å². The molecule has 0 unspecified atom stereocenters. The van der Waals surface area contributed by atoms with Crippen LogP contribution in [-0.4, -0.2) is 43.4 Å². The van der Waals surface area contributed by atoms with Crippen molar-refractivity contribution in [3.8, 4) is 0 Å². The Morgan fingerprint density at radius 2 is 2.06 bits per heavy atom. The van der Waals surface area contributed by atoms with Crippen molar-refractivity contribution in [2.75, 3.05) is 31.6 Å². The highest BCUT2D eigenvalue weighted by Gasteiger charge is 2.31. The molecule has 0 atom stereocenters. The molecule has 1 heterocycles. The van der Waals surface area contributed by atoms with Gasteiger partial charge in [0.25, 0.3) is 0 Å². The summed E-state index contributed by atoms with van der Waals surface area (Å²) in [7, 11) is 2.15. The lowest BCUT2D eigenvalue weighted by Gasteiger charge is -2.46. The lowest BCUT2D eigenvalue weighted by atomic mass is 9.99. The van der Waals surface area contributed by atoms with Crippen molar-refractivity contribution in [2.24, 2.45) is 0 Å². The number of nitrogens with zero attached hydrogens (tertiary/aromatic N) is 2. The third kappa shape index (κ3) is 2.52. The third-order valence-corrected chi connectivity index (χ3v) is 4.07. The fourth-order valence-electron chi connectivity index (χ4n) is 2.30. The predicted molar refractivity (Wildman–Crippen MR) is 75.8 cm³/mol. The molecule has 0 spiro atoms. The highest BCUT2D eigenvalue weighted by Crippen LogP contribution is 2.30. The van der Waals surface area contributed by atoms with Gasteiger partial charge in [-0.05, 0) is 39.1 Å². The molecule has 3 nitrogen and oxygen atoms in total. The van der Waals surface area contributed by atoms with Gasteiger partial charge in [-0.15, -0.1) is 0 Å². The second-order valence-electron chi connectivity index (χ2n) is 5.48. The van der Waals surface area contributed by atoms with Gasteiger partial charge in [0.05, 0.1) is 10.7 Å². The van der Waals surface area contributed by atoms with E-state index in [1.807, 2.05) is 12.1 Å². The maximum absolute atomic E-state index is 10.7. The van der Waals surface area contributed by atoms with Crippen molar-refractivity contribution in [3.63, 3.8) is 0 Å². The average molecular weight is 267 g/mol. The van der Waals surface area contributed by atoms with Crippen molar-refractivity contribution in [1.29, 1.82) is 0 Å². The standard InChI is InChI=1S/C14H19ClN2O/c1-14(2)10-17(7-6-16(14)3)13-5-4-11(9-18)8-12(13)15/h4-5,8-9H,6-7,10H2,1-3H3. The van der Waals surface area contributed by atoms with Crippen molar-refractivity contribution < 1.29 is 4.79 Å². The molecule has 0 N–H and O–H groups in total. The van der Waals surface area contributed by atoms with Gasteiger partial charge in [-0.1, -0.05) is 11.6 Å². The summed E-state index contributed by atoms with van der Waals surface area (Å²) < 4.78 is 0. The molecule has 0 bridgehead atoms. The van der Waals surface area contributed by atoms with E-state index in [1.54, 1.807) is 6.07 Å². The van der Waals surface area contributed by atoms with Gasteiger partial charge in [-0.3, -0.25) is 9.69 Å². The molecule has 4 heteroatoms. The maximum atomic E-state index is 10.7. The number of anilines is 1. The Kier molecular flexibility index (Phi) is 3.64.